The molecule has 1 atom stereocenters. The molecular weight excluding hydrogens is 434 g/mol. The number of benzene rings is 1. The Morgan fingerprint density at radius 2 is 1.53 bits per heavy atom. The number of esters is 1. The molecule has 3 N–H and O–H groups in total. The van der Waals surface area contributed by atoms with Gasteiger partial charge in [-0.05, 0) is 72.1 Å². The molecular formula is C26H41N3O5. The van der Waals surface area contributed by atoms with Crippen LogP contribution in [0.5, 0.6) is 0 Å². The zero-order valence-electron chi connectivity index (χ0n) is 22.0. The SMILES string of the molecule is C/C=C(\C(=O)N(CC(=O)OC(C)(C)C)C(=O)OC(C)(C)C)C(NCc1ccc(N)cc1)C(C)C. The van der Waals surface area contributed by atoms with E-state index in [2.05, 4.69) is 5.32 Å². The minimum Gasteiger partial charge on any atom is -0.459 e. The minimum atomic E-state index is -0.899. The molecule has 0 aromatic heterocycles. The molecule has 0 aliphatic carbocycles. The van der Waals surface area contributed by atoms with E-state index in [4.69, 9.17) is 15.2 Å². The van der Waals surface area contributed by atoms with E-state index in [1.165, 1.54) is 0 Å². The van der Waals surface area contributed by atoms with Gasteiger partial charge in [-0.3, -0.25) is 9.59 Å². The van der Waals surface area contributed by atoms with E-state index in [1.807, 2.05) is 38.1 Å². The van der Waals surface area contributed by atoms with Crippen LogP contribution in [-0.2, 0) is 25.6 Å². The average Bonchev–Trinajstić information content (AvgIpc) is 2.67. The van der Waals surface area contributed by atoms with Crippen molar-refractivity contribution in [2.45, 2.75) is 86.1 Å². The zero-order chi connectivity index (χ0) is 26.3. The number of hydrogen-bond donors (Lipinski definition) is 2. The molecule has 8 heteroatoms. The van der Waals surface area contributed by atoms with Gasteiger partial charge in [-0.1, -0.05) is 32.1 Å². The first kappa shape index (κ1) is 29.2. The number of nitrogens with one attached hydrogen (secondary N) is 1. The first-order valence-corrected chi connectivity index (χ1v) is 11.5. The molecule has 0 aliphatic rings. The standard InChI is InChI=1S/C26H41N3O5/c1-10-20(22(17(2)3)28-15-18-11-13-19(27)14-12-18)23(31)29(24(32)34-26(7,8)9)16-21(30)33-25(4,5)6/h10-14,17,22,28H,15-16,27H2,1-9H3/b20-10-. The van der Waals surface area contributed by atoms with Crippen molar-refractivity contribution in [3.63, 3.8) is 0 Å². The summed E-state index contributed by atoms with van der Waals surface area (Å²) < 4.78 is 10.8. The molecule has 0 saturated carbocycles. The number of hydrogen-bond acceptors (Lipinski definition) is 7. The number of amides is 2. The monoisotopic (exact) mass is 475 g/mol. The number of imide groups is 1. The molecule has 0 spiro atoms. The maximum Gasteiger partial charge on any atom is 0.417 e. The van der Waals surface area contributed by atoms with Crippen molar-refractivity contribution in [1.29, 1.82) is 0 Å². The number of nitrogens with zero attached hydrogens (tertiary/aromatic N) is 1. The summed E-state index contributed by atoms with van der Waals surface area (Å²) in [6, 6.07) is 7.07. The minimum absolute atomic E-state index is 0.0194. The van der Waals surface area contributed by atoms with Crippen LogP contribution < -0.4 is 11.1 Å². The average molecular weight is 476 g/mol. The second kappa shape index (κ2) is 12.0. The van der Waals surface area contributed by atoms with Crippen LogP contribution in [-0.4, -0.2) is 46.7 Å². The molecule has 0 aliphatic heterocycles. The highest BCUT2D eigenvalue weighted by atomic mass is 16.6. The summed E-state index contributed by atoms with van der Waals surface area (Å²) >= 11 is 0. The summed E-state index contributed by atoms with van der Waals surface area (Å²) in [6.45, 7) is 15.9. The van der Waals surface area contributed by atoms with E-state index < -0.39 is 35.7 Å². The van der Waals surface area contributed by atoms with Crippen LogP contribution in [0.2, 0.25) is 0 Å². The largest absolute Gasteiger partial charge is 0.459 e. The van der Waals surface area contributed by atoms with Crippen LogP contribution in [0.3, 0.4) is 0 Å². The van der Waals surface area contributed by atoms with E-state index in [9.17, 15) is 14.4 Å². The van der Waals surface area contributed by atoms with Gasteiger partial charge in [-0.2, -0.15) is 0 Å². The maximum absolute atomic E-state index is 13.6. The van der Waals surface area contributed by atoms with Gasteiger partial charge in [0.1, 0.15) is 17.7 Å². The molecule has 1 aromatic carbocycles. The van der Waals surface area contributed by atoms with Crippen molar-refractivity contribution in [3.05, 3.63) is 41.5 Å². The van der Waals surface area contributed by atoms with Crippen molar-refractivity contribution in [2.24, 2.45) is 5.92 Å². The van der Waals surface area contributed by atoms with Crippen LogP contribution in [0.1, 0.15) is 67.9 Å². The Morgan fingerprint density at radius 3 is 1.97 bits per heavy atom. The number of carbonyl (C=O) groups excluding carboxylic acids is 3. The number of anilines is 1. The van der Waals surface area contributed by atoms with Gasteiger partial charge in [-0.15, -0.1) is 0 Å². The molecule has 8 nitrogen and oxygen atoms in total. The Kier molecular flexibility index (Phi) is 10.3. The van der Waals surface area contributed by atoms with Gasteiger partial charge in [0, 0.05) is 23.8 Å². The molecule has 34 heavy (non-hydrogen) atoms. The van der Waals surface area contributed by atoms with Crippen molar-refractivity contribution in [1.82, 2.24) is 10.2 Å². The highest BCUT2D eigenvalue weighted by Crippen LogP contribution is 2.20. The Labute approximate surface area is 203 Å². The number of ether oxygens (including phenoxy) is 2. The second-order valence-corrected chi connectivity index (χ2v) is 10.5. The normalized spacial score (nSPS) is 13.4. The molecule has 0 heterocycles. The summed E-state index contributed by atoms with van der Waals surface area (Å²) in [5.74, 6) is -1.28. The molecule has 190 valence electrons. The van der Waals surface area contributed by atoms with Crippen molar-refractivity contribution >= 4 is 23.7 Å². The quantitative estimate of drug-likeness (QED) is 0.325. The van der Waals surface area contributed by atoms with Gasteiger partial charge in [0.15, 0.2) is 0 Å². The van der Waals surface area contributed by atoms with E-state index >= 15 is 0 Å². The molecule has 2 amide bonds. The molecule has 0 bridgehead atoms. The van der Waals surface area contributed by atoms with Gasteiger partial charge >= 0.3 is 12.1 Å². The molecule has 0 fully saturated rings. The Bertz CT molecular complexity index is 877. The second-order valence-electron chi connectivity index (χ2n) is 10.5. The summed E-state index contributed by atoms with van der Waals surface area (Å²) in [7, 11) is 0. The van der Waals surface area contributed by atoms with E-state index in [1.54, 1.807) is 54.5 Å². The number of nitrogens with two attached hydrogens (primary N) is 1. The first-order chi connectivity index (χ1) is 15.5. The first-order valence-electron chi connectivity index (χ1n) is 11.5. The van der Waals surface area contributed by atoms with E-state index in [-0.39, 0.29) is 12.0 Å². The Balaban J connectivity index is 3.20. The van der Waals surface area contributed by atoms with Gasteiger partial charge < -0.3 is 20.5 Å². The van der Waals surface area contributed by atoms with Crippen molar-refractivity contribution in [2.75, 3.05) is 12.3 Å². The van der Waals surface area contributed by atoms with E-state index in [0.717, 1.165) is 10.5 Å². The molecule has 1 aromatic rings. The molecule has 0 radical (unpaired) electrons. The van der Waals surface area contributed by atoms with E-state index in [0.29, 0.717) is 17.8 Å². The third kappa shape index (κ3) is 9.95. The summed E-state index contributed by atoms with van der Waals surface area (Å²) in [6.07, 6.45) is 0.763. The predicted molar refractivity (Wildman–Crippen MR) is 134 cm³/mol. The van der Waals surface area contributed by atoms with Crippen molar-refractivity contribution in [3.8, 4) is 0 Å². The lowest BCUT2D eigenvalue weighted by atomic mass is 9.94. The van der Waals surface area contributed by atoms with Crippen LogP contribution >= 0.6 is 0 Å². The highest BCUT2D eigenvalue weighted by molar-refractivity contribution is 6.05. The smallest absolute Gasteiger partial charge is 0.417 e. The van der Waals surface area contributed by atoms with Crippen LogP contribution in [0.4, 0.5) is 10.5 Å². The topological polar surface area (TPSA) is 111 Å². The fraction of sp³-hybridized carbons (Fsp3) is 0.577. The van der Waals surface area contributed by atoms with Gasteiger partial charge in [-0.25, -0.2) is 9.69 Å². The predicted octanol–water partition coefficient (Wildman–Crippen LogP) is 4.43. The number of carbonyl (C=O) groups is 3. The highest BCUT2D eigenvalue weighted by Gasteiger charge is 2.35. The number of rotatable bonds is 8. The lowest BCUT2D eigenvalue weighted by Crippen LogP contribution is -2.49. The maximum atomic E-state index is 13.6. The van der Waals surface area contributed by atoms with Crippen LogP contribution in [0.15, 0.2) is 35.9 Å². The summed E-state index contributed by atoms with van der Waals surface area (Å²) in [5.41, 5.74) is 6.19. The third-order valence-electron chi connectivity index (χ3n) is 4.63. The Morgan fingerprint density at radius 1 is 1.00 bits per heavy atom. The zero-order valence-corrected chi connectivity index (χ0v) is 22.0. The van der Waals surface area contributed by atoms with Crippen LogP contribution in [0.25, 0.3) is 0 Å². The lowest BCUT2D eigenvalue weighted by molar-refractivity contribution is -0.158. The van der Waals surface area contributed by atoms with Crippen molar-refractivity contribution < 1.29 is 23.9 Å². The van der Waals surface area contributed by atoms with Gasteiger partial charge in [0.05, 0.1) is 0 Å². The Hall–Kier alpha value is -2.87. The molecule has 0 saturated heterocycles. The number of nitrogen functional groups attached to an aromatic ring is 1. The summed E-state index contributed by atoms with van der Waals surface area (Å²) in [5, 5.41) is 3.40. The summed E-state index contributed by atoms with van der Waals surface area (Å²) in [4.78, 5) is 39.9. The number of allylic oxidation sites excluding steroid dienone is 1. The molecule has 1 rings (SSSR count). The third-order valence-corrected chi connectivity index (χ3v) is 4.63. The lowest BCUT2D eigenvalue weighted by Gasteiger charge is -2.30. The fourth-order valence-corrected chi connectivity index (χ4v) is 3.20. The molecule has 1 unspecified atom stereocenters. The van der Waals surface area contributed by atoms with Gasteiger partial charge in [0.25, 0.3) is 5.91 Å². The van der Waals surface area contributed by atoms with Crippen LogP contribution in [0, 0.1) is 5.92 Å². The van der Waals surface area contributed by atoms with Gasteiger partial charge in [0.2, 0.25) is 0 Å². The fourth-order valence-electron chi connectivity index (χ4n) is 3.20.